The van der Waals surface area contributed by atoms with Crippen LogP contribution in [0.5, 0.6) is 0 Å². The average molecular weight is 885 g/mol. The lowest BCUT2D eigenvalue weighted by molar-refractivity contribution is -0.332. The first kappa shape index (κ1) is 55.6. The summed E-state index contributed by atoms with van der Waals surface area (Å²) in [5.74, 6) is -0.997. The van der Waals surface area contributed by atoms with Crippen LogP contribution in [0.1, 0.15) is 142 Å². The standard InChI is InChI=1S/C47H80O15/c1-3-5-7-9-11-13-14-15-16-17-18-19-20-22-24-26-28-30-39(50)60-35(32-57-38(49)29-27-25-23-21-12-10-8-6-4-2)33-58-46-45(56)43(54)41(52)37(62-46)34-59-47-44(55)42(53)40(51)36(31-48)61-47/h11,13,15-16,18-19,22,24,35-37,40-48,51-56H,3-10,12,14,17,20-21,23,25-34H2,1-2H3/b13-11+,16-15+,19-18+,24-22+/t35-,36+,37+,40-,41-,42?,43?,44?,45?,46+,47+/m1/s1. The van der Waals surface area contributed by atoms with Gasteiger partial charge in [-0.1, -0.05) is 127 Å². The van der Waals surface area contributed by atoms with Crippen LogP contribution < -0.4 is 0 Å². The molecule has 7 N–H and O–H groups in total. The Bertz CT molecular complexity index is 1270. The Kier molecular flexibility index (Phi) is 31.2. The first-order chi connectivity index (χ1) is 30.0. The smallest absolute Gasteiger partial charge is 0.306 e. The van der Waals surface area contributed by atoms with Crippen LogP contribution in [0.4, 0.5) is 0 Å². The van der Waals surface area contributed by atoms with Gasteiger partial charge in [-0.05, 0) is 51.4 Å². The summed E-state index contributed by atoms with van der Waals surface area (Å²) < 4.78 is 33.4. The molecule has 2 saturated heterocycles. The zero-order chi connectivity index (χ0) is 45.4. The molecule has 0 aromatic rings. The molecule has 0 aromatic carbocycles. The Morgan fingerprint density at radius 1 is 0.516 bits per heavy atom. The van der Waals surface area contributed by atoms with Gasteiger partial charge >= 0.3 is 11.9 Å². The van der Waals surface area contributed by atoms with Gasteiger partial charge in [0, 0.05) is 12.8 Å². The van der Waals surface area contributed by atoms with Crippen molar-refractivity contribution in [2.75, 3.05) is 26.4 Å². The normalized spacial score (nSPS) is 27.5. The second-order valence-corrected chi connectivity index (χ2v) is 16.2. The fourth-order valence-electron chi connectivity index (χ4n) is 6.91. The van der Waals surface area contributed by atoms with Crippen molar-refractivity contribution < 1.29 is 73.8 Å². The quantitative estimate of drug-likeness (QED) is 0.0252. The van der Waals surface area contributed by atoms with E-state index >= 15 is 0 Å². The number of ether oxygens (including phenoxy) is 6. The summed E-state index contributed by atoms with van der Waals surface area (Å²) in [5.41, 5.74) is 0. The van der Waals surface area contributed by atoms with E-state index in [1.165, 1.54) is 51.4 Å². The number of unbranched alkanes of at least 4 members (excludes halogenated alkanes) is 12. The van der Waals surface area contributed by atoms with E-state index < -0.39 is 99.3 Å². The van der Waals surface area contributed by atoms with E-state index in [9.17, 15) is 45.3 Å². The van der Waals surface area contributed by atoms with Crippen molar-refractivity contribution in [2.24, 2.45) is 0 Å². The van der Waals surface area contributed by atoms with E-state index in [-0.39, 0.29) is 19.4 Å². The second-order valence-electron chi connectivity index (χ2n) is 16.2. The third kappa shape index (κ3) is 23.4. The number of carbonyl (C=O) groups excluding carboxylic acids is 2. The molecule has 2 fully saturated rings. The SMILES string of the molecule is CCCCC/C=C/C/C=C/C/C=C/C/C=C/CCCC(=O)O[C@H](COC(=O)CCCCCCCCCCC)CO[C@H]1O[C@@H](CO[C@H]2O[C@@H](CO)[C@@H](O)C(O)C2O)[C@@H](O)C(O)C1O. The van der Waals surface area contributed by atoms with E-state index in [4.69, 9.17) is 28.4 Å². The molecule has 2 rings (SSSR count). The number of allylic oxidation sites excluding steroid dienone is 8. The van der Waals surface area contributed by atoms with Gasteiger partial charge in [-0.2, -0.15) is 0 Å². The molecule has 0 bridgehead atoms. The Labute approximate surface area is 369 Å². The third-order valence-corrected chi connectivity index (χ3v) is 10.8. The number of hydrogen-bond donors (Lipinski definition) is 7. The van der Waals surface area contributed by atoms with Crippen molar-refractivity contribution in [3.8, 4) is 0 Å². The number of aliphatic hydroxyl groups is 7. The largest absolute Gasteiger partial charge is 0.462 e. The molecule has 11 atom stereocenters. The van der Waals surface area contributed by atoms with Gasteiger partial charge in [-0.3, -0.25) is 9.59 Å². The fourth-order valence-corrected chi connectivity index (χ4v) is 6.91. The number of aliphatic hydroxyl groups excluding tert-OH is 7. The van der Waals surface area contributed by atoms with Gasteiger partial charge in [0.25, 0.3) is 0 Å². The van der Waals surface area contributed by atoms with Gasteiger partial charge < -0.3 is 64.2 Å². The van der Waals surface area contributed by atoms with Crippen molar-refractivity contribution >= 4 is 11.9 Å². The minimum absolute atomic E-state index is 0.0890. The summed E-state index contributed by atoms with van der Waals surface area (Å²) in [4.78, 5) is 25.5. The predicted molar refractivity (Wildman–Crippen MR) is 233 cm³/mol. The lowest BCUT2D eigenvalue weighted by Gasteiger charge is -2.42. The third-order valence-electron chi connectivity index (χ3n) is 10.8. The topological polar surface area (TPSA) is 231 Å². The zero-order valence-corrected chi connectivity index (χ0v) is 37.3. The molecule has 0 saturated carbocycles. The molecule has 0 amide bonds. The molecule has 15 nitrogen and oxygen atoms in total. The van der Waals surface area contributed by atoms with Crippen molar-refractivity contribution in [3.63, 3.8) is 0 Å². The number of rotatable bonds is 34. The second kappa shape index (κ2) is 34.8. The van der Waals surface area contributed by atoms with Gasteiger partial charge in [-0.15, -0.1) is 0 Å². The van der Waals surface area contributed by atoms with Crippen LogP contribution in [0.2, 0.25) is 0 Å². The molecule has 358 valence electrons. The van der Waals surface area contributed by atoms with E-state index in [1.54, 1.807) is 0 Å². The molecule has 15 heteroatoms. The lowest BCUT2D eigenvalue weighted by Crippen LogP contribution is -2.61. The minimum Gasteiger partial charge on any atom is -0.462 e. The Balaban J connectivity index is 1.87. The number of esters is 2. The highest BCUT2D eigenvalue weighted by molar-refractivity contribution is 5.70. The predicted octanol–water partition coefficient (Wildman–Crippen LogP) is 5.15. The average Bonchev–Trinajstić information content (AvgIpc) is 3.26. The molecule has 4 unspecified atom stereocenters. The number of carbonyl (C=O) groups is 2. The van der Waals surface area contributed by atoms with Gasteiger partial charge in [0.05, 0.1) is 19.8 Å². The maximum absolute atomic E-state index is 12.9. The van der Waals surface area contributed by atoms with Crippen LogP contribution in [0, 0.1) is 0 Å². The van der Waals surface area contributed by atoms with E-state index in [2.05, 4.69) is 50.3 Å². The molecule has 2 aliphatic heterocycles. The summed E-state index contributed by atoms with van der Waals surface area (Å²) in [6.45, 7) is 2.45. The van der Waals surface area contributed by atoms with Crippen molar-refractivity contribution in [1.82, 2.24) is 0 Å². The van der Waals surface area contributed by atoms with Crippen LogP contribution in [0.3, 0.4) is 0 Å². The molecule has 2 heterocycles. The Morgan fingerprint density at radius 3 is 1.56 bits per heavy atom. The fraction of sp³-hybridized carbons (Fsp3) is 0.787. The van der Waals surface area contributed by atoms with E-state index in [1.807, 2.05) is 12.2 Å². The van der Waals surface area contributed by atoms with Gasteiger partial charge in [-0.25, -0.2) is 0 Å². The molecular weight excluding hydrogens is 805 g/mol. The molecule has 0 aromatic heterocycles. The van der Waals surface area contributed by atoms with Crippen molar-refractivity contribution in [1.29, 1.82) is 0 Å². The molecule has 0 spiro atoms. The molecule has 62 heavy (non-hydrogen) atoms. The monoisotopic (exact) mass is 885 g/mol. The molecule has 2 aliphatic rings. The zero-order valence-electron chi connectivity index (χ0n) is 37.3. The highest BCUT2D eigenvalue weighted by atomic mass is 16.7. The maximum atomic E-state index is 12.9. The van der Waals surface area contributed by atoms with Gasteiger partial charge in [0.15, 0.2) is 18.7 Å². The highest BCUT2D eigenvalue weighted by Crippen LogP contribution is 2.26. The van der Waals surface area contributed by atoms with E-state index in [0.717, 1.165) is 44.9 Å². The number of hydrogen-bond acceptors (Lipinski definition) is 15. The first-order valence-electron chi connectivity index (χ1n) is 23.2. The highest BCUT2D eigenvalue weighted by Gasteiger charge is 2.47. The molecule has 0 aliphatic carbocycles. The van der Waals surface area contributed by atoms with Crippen molar-refractivity contribution in [3.05, 3.63) is 48.6 Å². The molecular formula is C47H80O15. The van der Waals surface area contributed by atoms with Crippen LogP contribution >= 0.6 is 0 Å². The summed E-state index contributed by atoms with van der Waals surface area (Å²) in [6, 6.07) is 0. The summed E-state index contributed by atoms with van der Waals surface area (Å²) >= 11 is 0. The van der Waals surface area contributed by atoms with Gasteiger partial charge in [0.2, 0.25) is 0 Å². The first-order valence-corrected chi connectivity index (χ1v) is 23.2. The van der Waals surface area contributed by atoms with Crippen molar-refractivity contribution in [2.45, 2.75) is 210 Å². The van der Waals surface area contributed by atoms with Gasteiger partial charge in [0.1, 0.15) is 55.4 Å². The van der Waals surface area contributed by atoms with Crippen LogP contribution in [0.15, 0.2) is 48.6 Å². The van der Waals surface area contributed by atoms with E-state index in [0.29, 0.717) is 19.3 Å². The van der Waals surface area contributed by atoms with Crippen LogP contribution in [-0.2, 0) is 38.0 Å². The molecule has 0 radical (unpaired) electrons. The lowest BCUT2D eigenvalue weighted by atomic mass is 9.98. The Morgan fingerprint density at radius 2 is 0.984 bits per heavy atom. The minimum atomic E-state index is -1.77. The Hall–Kier alpha value is -2.54. The summed E-state index contributed by atoms with van der Waals surface area (Å²) in [5, 5.41) is 71.8. The summed E-state index contributed by atoms with van der Waals surface area (Å²) in [7, 11) is 0. The maximum Gasteiger partial charge on any atom is 0.306 e. The summed E-state index contributed by atoms with van der Waals surface area (Å²) in [6.07, 6.45) is 18.8. The van der Waals surface area contributed by atoms with Crippen LogP contribution in [0.25, 0.3) is 0 Å². The van der Waals surface area contributed by atoms with Crippen LogP contribution in [-0.4, -0.2) is 142 Å².